The van der Waals surface area contributed by atoms with Crippen LogP contribution in [0.3, 0.4) is 0 Å². The van der Waals surface area contributed by atoms with Gasteiger partial charge in [-0.2, -0.15) is 13.2 Å². The summed E-state index contributed by atoms with van der Waals surface area (Å²) in [5.41, 5.74) is 1.26. The first-order valence-electron chi connectivity index (χ1n) is 18.1. The van der Waals surface area contributed by atoms with Gasteiger partial charge < -0.3 is 14.7 Å². The molecule has 1 saturated heterocycles. The van der Waals surface area contributed by atoms with E-state index >= 15 is 4.39 Å². The minimum Gasteiger partial charge on any atom is -0.490 e. The number of hydrogen-bond donors (Lipinski definition) is 1. The zero-order valence-electron chi connectivity index (χ0n) is 29.7. The monoisotopic (exact) mass is 718 g/mol. The molecule has 2 aromatic heterocycles. The predicted molar refractivity (Wildman–Crippen MR) is 183 cm³/mol. The summed E-state index contributed by atoms with van der Waals surface area (Å²) in [6.07, 6.45) is -1.64. The Morgan fingerprint density at radius 3 is 2.16 bits per heavy atom. The van der Waals surface area contributed by atoms with Gasteiger partial charge in [0.1, 0.15) is 0 Å². The molecule has 1 unspecified atom stereocenters. The second kappa shape index (κ2) is 14.5. The largest absolute Gasteiger partial charge is 0.490 e. The van der Waals surface area contributed by atoms with Crippen molar-refractivity contribution < 1.29 is 36.2 Å². The Morgan fingerprint density at radius 1 is 0.941 bits per heavy atom. The van der Waals surface area contributed by atoms with Crippen LogP contribution in [-0.2, 0) is 12.6 Å². The number of ether oxygens (including phenoxy) is 1. The van der Waals surface area contributed by atoms with Gasteiger partial charge >= 0.3 is 6.18 Å². The highest BCUT2D eigenvalue weighted by atomic mass is 19.4. The molecule has 0 amide bonds. The number of aliphatic hydroxyl groups is 1. The highest BCUT2D eigenvalue weighted by Crippen LogP contribution is 2.52. The van der Waals surface area contributed by atoms with Crippen molar-refractivity contribution in [3.63, 3.8) is 0 Å². The molecule has 6 nitrogen and oxygen atoms in total. The topological polar surface area (TPSA) is 71.4 Å². The van der Waals surface area contributed by atoms with Crippen LogP contribution < -0.4 is 9.64 Å². The Kier molecular flexibility index (Phi) is 10.7. The number of hydrogen-bond acceptors (Lipinski definition) is 6. The van der Waals surface area contributed by atoms with Crippen LogP contribution in [0.5, 0.6) is 5.75 Å². The summed E-state index contributed by atoms with van der Waals surface area (Å²) in [6, 6.07) is 4.02. The lowest BCUT2D eigenvalue weighted by molar-refractivity contribution is -0.137. The highest BCUT2D eigenvalue weighted by molar-refractivity contribution is 5.51. The maximum Gasteiger partial charge on any atom is 0.416 e. The summed E-state index contributed by atoms with van der Waals surface area (Å²) < 4.78 is 92.3. The van der Waals surface area contributed by atoms with Gasteiger partial charge in [-0.3, -0.25) is 4.98 Å². The van der Waals surface area contributed by atoms with Gasteiger partial charge in [0.15, 0.2) is 11.9 Å². The lowest BCUT2D eigenvalue weighted by atomic mass is 9.68. The van der Waals surface area contributed by atoms with Gasteiger partial charge in [-0.25, -0.2) is 23.1 Å². The third-order valence-electron chi connectivity index (χ3n) is 10.8. The molecule has 1 aromatic carbocycles. The van der Waals surface area contributed by atoms with Crippen molar-refractivity contribution in [2.75, 3.05) is 24.6 Å². The fourth-order valence-electron chi connectivity index (χ4n) is 8.03. The van der Waals surface area contributed by atoms with E-state index in [9.17, 15) is 27.1 Å². The van der Waals surface area contributed by atoms with Gasteiger partial charge in [0.05, 0.1) is 36.4 Å². The number of aromatic nitrogens is 3. The van der Waals surface area contributed by atoms with E-state index in [4.69, 9.17) is 9.72 Å². The van der Waals surface area contributed by atoms with E-state index in [0.29, 0.717) is 85.5 Å². The molecular formula is C39H48F6N4O2. The Labute approximate surface area is 296 Å². The summed E-state index contributed by atoms with van der Waals surface area (Å²) in [6.45, 7) is 9.99. The number of fused-ring (bicyclic) bond motifs is 1. The van der Waals surface area contributed by atoms with Crippen LogP contribution in [0, 0.1) is 11.3 Å². The van der Waals surface area contributed by atoms with Gasteiger partial charge in [-0.15, -0.1) is 0 Å². The smallest absolute Gasteiger partial charge is 0.416 e. The van der Waals surface area contributed by atoms with Crippen molar-refractivity contribution >= 4 is 5.95 Å². The molecule has 2 aliphatic carbocycles. The summed E-state index contributed by atoms with van der Waals surface area (Å²) in [5, 5.41) is 11.6. The number of alkyl halides is 6. The lowest BCUT2D eigenvalue weighted by Crippen LogP contribution is -2.36. The predicted octanol–water partition coefficient (Wildman–Crippen LogP) is 10.1. The van der Waals surface area contributed by atoms with Crippen LogP contribution >= 0.6 is 0 Å². The van der Waals surface area contributed by atoms with Crippen LogP contribution in [0.2, 0.25) is 0 Å². The van der Waals surface area contributed by atoms with Crippen LogP contribution in [0.25, 0.3) is 0 Å². The maximum atomic E-state index is 17.2. The highest BCUT2D eigenvalue weighted by Gasteiger charge is 2.44. The molecule has 6 rings (SSSR count). The SMILES string of the molecule is CC(C)CCOc1cnc(N2CCC(c3nc4c(c(C5CCC(F)(F)CC5)c3C(F)c3ccc(C(F)(F)F)cc3)[C@@H](O)CC(C)(C)C4)CC2)nc1. The number of nitrogens with zero attached hydrogens (tertiary/aromatic N) is 4. The summed E-state index contributed by atoms with van der Waals surface area (Å²) >= 11 is 0. The van der Waals surface area contributed by atoms with Gasteiger partial charge in [0, 0.05) is 48.7 Å². The van der Waals surface area contributed by atoms with Gasteiger partial charge in [-0.1, -0.05) is 39.8 Å². The van der Waals surface area contributed by atoms with Crippen molar-refractivity contribution in [2.24, 2.45) is 11.3 Å². The molecule has 12 heteroatoms. The molecule has 0 bridgehead atoms. The number of aliphatic hydroxyl groups excluding tert-OH is 1. The molecule has 0 spiro atoms. The van der Waals surface area contributed by atoms with Gasteiger partial charge in [-0.05, 0) is 85.5 Å². The van der Waals surface area contributed by atoms with Crippen LogP contribution in [0.1, 0.15) is 142 Å². The Bertz CT molecular complexity index is 1640. The number of anilines is 1. The van der Waals surface area contributed by atoms with Crippen LogP contribution in [-0.4, -0.2) is 45.7 Å². The van der Waals surface area contributed by atoms with E-state index in [1.807, 2.05) is 18.7 Å². The maximum absolute atomic E-state index is 17.2. The van der Waals surface area contributed by atoms with Gasteiger partial charge in [0.25, 0.3) is 0 Å². The normalized spacial score (nSPS) is 21.8. The Balaban J connectivity index is 1.37. The first kappa shape index (κ1) is 37.4. The van der Waals surface area contributed by atoms with E-state index in [-0.39, 0.29) is 48.1 Å². The molecule has 0 radical (unpaired) electrons. The molecule has 3 heterocycles. The third kappa shape index (κ3) is 8.47. The molecule has 1 N–H and O–H groups in total. The Morgan fingerprint density at radius 2 is 1.57 bits per heavy atom. The standard InChI is InChI=1S/C39H48F6N4O2/c1-23(2)13-18-51-28-21-46-36(47-22-28)49-16-11-26(12-17-49)35-33(34(40)25-5-7-27(8-6-25)39(43,44)45)31(24-9-14-38(41,42)15-10-24)32-29(48-35)19-37(3,4)20-30(32)50/h5-8,21-24,26,30,34,50H,9-20H2,1-4H3/t30-,34?/m0/s1. The number of rotatable bonds is 9. The molecular weight excluding hydrogens is 670 g/mol. The fraction of sp³-hybridized carbons (Fsp3) is 0.615. The average molecular weight is 719 g/mol. The molecule has 51 heavy (non-hydrogen) atoms. The minimum atomic E-state index is -4.59. The number of pyridine rings is 1. The fourth-order valence-corrected chi connectivity index (χ4v) is 8.03. The van der Waals surface area contributed by atoms with E-state index < -0.39 is 35.9 Å². The second-order valence-electron chi connectivity index (χ2n) is 15.9. The average Bonchev–Trinajstić information content (AvgIpc) is 3.06. The van der Waals surface area contributed by atoms with Crippen molar-refractivity contribution in [2.45, 2.75) is 122 Å². The van der Waals surface area contributed by atoms with Crippen LogP contribution in [0.4, 0.5) is 32.3 Å². The van der Waals surface area contributed by atoms with E-state index in [1.54, 1.807) is 12.4 Å². The third-order valence-corrected chi connectivity index (χ3v) is 10.8. The molecule has 278 valence electrons. The van der Waals surface area contributed by atoms with Gasteiger partial charge in [0.2, 0.25) is 11.9 Å². The first-order chi connectivity index (χ1) is 24.0. The lowest BCUT2D eigenvalue weighted by Gasteiger charge is -2.41. The van der Waals surface area contributed by atoms with Crippen molar-refractivity contribution in [3.05, 3.63) is 75.9 Å². The van der Waals surface area contributed by atoms with Crippen LogP contribution in [0.15, 0.2) is 36.7 Å². The zero-order valence-corrected chi connectivity index (χ0v) is 29.7. The molecule has 2 fully saturated rings. The first-order valence-corrected chi connectivity index (χ1v) is 18.1. The van der Waals surface area contributed by atoms with Crippen molar-refractivity contribution in [1.29, 1.82) is 0 Å². The number of halogens is 6. The van der Waals surface area contributed by atoms with E-state index in [1.165, 1.54) is 0 Å². The summed E-state index contributed by atoms with van der Waals surface area (Å²) in [4.78, 5) is 16.2. The minimum absolute atomic E-state index is 0.0283. The quantitative estimate of drug-likeness (QED) is 0.222. The van der Waals surface area contributed by atoms with Crippen molar-refractivity contribution in [1.82, 2.24) is 15.0 Å². The van der Waals surface area contributed by atoms with E-state index in [2.05, 4.69) is 23.8 Å². The second-order valence-corrected chi connectivity index (χ2v) is 15.9. The van der Waals surface area contributed by atoms with E-state index in [0.717, 1.165) is 30.7 Å². The molecule has 1 saturated carbocycles. The molecule has 3 aliphatic rings. The summed E-state index contributed by atoms with van der Waals surface area (Å²) in [7, 11) is 0. The number of piperidine rings is 1. The van der Waals surface area contributed by atoms with Crippen molar-refractivity contribution in [3.8, 4) is 5.75 Å². The number of benzene rings is 1. The molecule has 1 aliphatic heterocycles. The molecule has 3 aromatic rings. The Hall–Kier alpha value is -3.41. The molecule has 2 atom stereocenters. The zero-order chi connectivity index (χ0) is 36.7. The summed E-state index contributed by atoms with van der Waals surface area (Å²) in [5.74, 6) is -1.85.